The summed E-state index contributed by atoms with van der Waals surface area (Å²) in [7, 11) is 3.24. The molecule has 0 aliphatic carbocycles. The number of halogens is 2. The Kier molecular flexibility index (Phi) is 4.35. The van der Waals surface area contributed by atoms with Crippen molar-refractivity contribution < 1.29 is 13.9 Å². The van der Waals surface area contributed by atoms with Crippen LogP contribution in [0.25, 0.3) is 0 Å². The minimum atomic E-state index is 0.0328. The van der Waals surface area contributed by atoms with E-state index < -0.39 is 0 Å². The van der Waals surface area contributed by atoms with E-state index in [1.54, 1.807) is 26.7 Å². The lowest BCUT2D eigenvalue weighted by atomic mass is 10.1. The topological polar surface area (TPSA) is 31.6 Å². The molecule has 0 saturated carbocycles. The summed E-state index contributed by atoms with van der Waals surface area (Å²) in [5.41, 5.74) is 2.09. The van der Waals surface area contributed by atoms with Gasteiger partial charge in [-0.25, -0.2) is 0 Å². The van der Waals surface area contributed by atoms with Crippen LogP contribution in [0.5, 0.6) is 11.5 Å². The van der Waals surface area contributed by atoms with E-state index in [1.807, 2.05) is 18.2 Å². The van der Waals surface area contributed by atoms with Crippen LogP contribution in [0.1, 0.15) is 16.0 Å². The normalized spacial score (nSPS) is 12.2. The van der Waals surface area contributed by atoms with Crippen LogP contribution in [-0.2, 0) is 0 Å². The first-order valence-electron chi connectivity index (χ1n) is 5.25. The van der Waals surface area contributed by atoms with Crippen molar-refractivity contribution in [3.8, 4) is 11.5 Å². The number of ether oxygens (including phenoxy) is 2. The Hall–Kier alpha value is -0.940. The van der Waals surface area contributed by atoms with Crippen molar-refractivity contribution in [3.63, 3.8) is 0 Å². The van der Waals surface area contributed by atoms with Gasteiger partial charge in [-0.15, -0.1) is 0 Å². The maximum atomic E-state index is 5.31. The number of methoxy groups -OCH3 is 2. The second kappa shape index (κ2) is 5.80. The minimum Gasteiger partial charge on any atom is -0.493 e. The van der Waals surface area contributed by atoms with Crippen LogP contribution in [-0.4, -0.2) is 14.2 Å². The molecular weight excluding hydrogens is 364 g/mol. The number of rotatable bonds is 4. The number of alkyl halides is 1. The highest BCUT2D eigenvalue weighted by Crippen LogP contribution is 2.41. The molecule has 0 bridgehead atoms. The van der Waals surface area contributed by atoms with Crippen LogP contribution in [0.4, 0.5) is 0 Å². The molecule has 1 heterocycles. The molecule has 0 amide bonds. The molecule has 0 radical (unpaired) electrons. The lowest BCUT2D eigenvalue weighted by molar-refractivity contribution is 0.354. The molecule has 18 heavy (non-hydrogen) atoms. The van der Waals surface area contributed by atoms with Gasteiger partial charge in [-0.3, -0.25) is 0 Å². The molecule has 5 heteroatoms. The third kappa shape index (κ3) is 2.57. The first kappa shape index (κ1) is 13.5. The zero-order valence-corrected chi connectivity index (χ0v) is 13.1. The Bertz CT molecular complexity index is 523. The molecule has 0 saturated heterocycles. The number of furan rings is 1. The van der Waals surface area contributed by atoms with Gasteiger partial charge in [-0.2, -0.15) is 0 Å². The summed E-state index contributed by atoms with van der Waals surface area (Å²) in [5, 5.41) is 0. The van der Waals surface area contributed by atoms with Crippen LogP contribution in [0.3, 0.4) is 0 Å². The van der Waals surface area contributed by atoms with Gasteiger partial charge < -0.3 is 13.9 Å². The van der Waals surface area contributed by atoms with Crippen molar-refractivity contribution >= 4 is 31.9 Å². The fourth-order valence-corrected chi connectivity index (χ4v) is 3.16. The Morgan fingerprint density at radius 3 is 2.39 bits per heavy atom. The van der Waals surface area contributed by atoms with Gasteiger partial charge in [0, 0.05) is 10.0 Å². The van der Waals surface area contributed by atoms with Gasteiger partial charge in [0.15, 0.2) is 11.5 Å². The Balaban J connectivity index is 2.45. The first-order chi connectivity index (χ1) is 8.67. The van der Waals surface area contributed by atoms with E-state index in [9.17, 15) is 0 Å². The Labute approximate surface area is 122 Å². The van der Waals surface area contributed by atoms with Crippen molar-refractivity contribution in [2.24, 2.45) is 0 Å². The van der Waals surface area contributed by atoms with E-state index in [0.717, 1.165) is 15.6 Å². The van der Waals surface area contributed by atoms with E-state index in [-0.39, 0.29) is 4.83 Å². The molecule has 0 aliphatic rings. The van der Waals surface area contributed by atoms with Gasteiger partial charge in [0.05, 0.1) is 31.6 Å². The van der Waals surface area contributed by atoms with Crippen molar-refractivity contribution in [2.75, 3.05) is 14.2 Å². The van der Waals surface area contributed by atoms with E-state index in [4.69, 9.17) is 13.9 Å². The van der Waals surface area contributed by atoms with Crippen molar-refractivity contribution in [1.82, 2.24) is 0 Å². The summed E-state index contributed by atoms with van der Waals surface area (Å²) < 4.78 is 16.6. The molecule has 96 valence electrons. The van der Waals surface area contributed by atoms with Crippen LogP contribution in [0, 0.1) is 0 Å². The fourth-order valence-electron chi connectivity index (χ4n) is 1.66. The highest BCUT2D eigenvalue weighted by atomic mass is 79.9. The smallest absolute Gasteiger partial charge is 0.161 e. The molecule has 2 aromatic rings. The molecule has 0 spiro atoms. The van der Waals surface area contributed by atoms with Gasteiger partial charge in [0.25, 0.3) is 0 Å². The summed E-state index contributed by atoms with van der Waals surface area (Å²) in [6.45, 7) is 0. The molecule has 1 atom stereocenters. The molecule has 1 unspecified atom stereocenters. The zero-order chi connectivity index (χ0) is 13.1. The summed E-state index contributed by atoms with van der Waals surface area (Å²) in [4.78, 5) is 0.0328. The molecule has 0 aliphatic heterocycles. The number of hydrogen-bond acceptors (Lipinski definition) is 3. The zero-order valence-electron chi connectivity index (χ0n) is 9.94. The second-order valence-electron chi connectivity index (χ2n) is 3.65. The summed E-state index contributed by atoms with van der Waals surface area (Å²) >= 11 is 7.19. The van der Waals surface area contributed by atoms with Gasteiger partial charge >= 0.3 is 0 Å². The fraction of sp³-hybridized carbons (Fsp3) is 0.231. The monoisotopic (exact) mass is 374 g/mol. The Morgan fingerprint density at radius 2 is 1.83 bits per heavy atom. The highest BCUT2D eigenvalue weighted by Gasteiger charge is 2.18. The molecule has 1 aromatic carbocycles. The van der Waals surface area contributed by atoms with E-state index >= 15 is 0 Å². The van der Waals surface area contributed by atoms with Crippen LogP contribution in [0.2, 0.25) is 0 Å². The van der Waals surface area contributed by atoms with Gasteiger partial charge in [0.2, 0.25) is 0 Å². The summed E-state index contributed by atoms with van der Waals surface area (Å²) in [6.07, 6.45) is 3.36. The highest BCUT2D eigenvalue weighted by molar-refractivity contribution is 9.11. The third-order valence-corrected chi connectivity index (χ3v) is 4.32. The quantitative estimate of drug-likeness (QED) is 0.735. The van der Waals surface area contributed by atoms with Crippen LogP contribution < -0.4 is 9.47 Å². The predicted molar refractivity (Wildman–Crippen MR) is 76.7 cm³/mol. The minimum absolute atomic E-state index is 0.0328. The Morgan fingerprint density at radius 1 is 1.17 bits per heavy atom. The maximum Gasteiger partial charge on any atom is 0.161 e. The summed E-state index contributed by atoms with van der Waals surface area (Å²) in [5.74, 6) is 1.39. The first-order valence-corrected chi connectivity index (χ1v) is 6.95. The summed E-state index contributed by atoms with van der Waals surface area (Å²) in [6, 6.07) is 5.75. The molecule has 0 N–H and O–H groups in total. The third-order valence-electron chi connectivity index (χ3n) is 2.61. The van der Waals surface area contributed by atoms with E-state index in [0.29, 0.717) is 11.5 Å². The van der Waals surface area contributed by atoms with Gasteiger partial charge in [0.1, 0.15) is 0 Å². The molecular formula is C13H12Br2O3. The van der Waals surface area contributed by atoms with Gasteiger partial charge in [-0.05, 0) is 23.8 Å². The van der Waals surface area contributed by atoms with E-state index in [2.05, 4.69) is 31.9 Å². The van der Waals surface area contributed by atoms with Crippen molar-refractivity contribution in [1.29, 1.82) is 0 Å². The lowest BCUT2D eigenvalue weighted by Crippen LogP contribution is -1.97. The van der Waals surface area contributed by atoms with E-state index in [1.165, 1.54) is 0 Å². The average Bonchev–Trinajstić information content (AvgIpc) is 2.91. The molecule has 2 rings (SSSR count). The lowest BCUT2D eigenvalue weighted by Gasteiger charge is -2.15. The predicted octanol–water partition coefficient (Wildman–Crippen LogP) is 4.54. The molecule has 1 aromatic heterocycles. The van der Waals surface area contributed by atoms with Crippen LogP contribution in [0.15, 0.2) is 39.6 Å². The largest absolute Gasteiger partial charge is 0.493 e. The number of benzene rings is 1. The maximum absolute atomic E-state index is 5.31. The number of hydrogen-bond donors (Lipinski definition) is 0. The van der Waals surface area contributed by atoms with Gasteiger partial charge in [-0.1, -0.05) is 31.9 Å². The molecule has 3 nitrogen and oxygen atoms in total. The van der Waals surface area contributed by atoms with Crippen molar-refractivity contribution in [3.05, 3.63) is 46.3 Å². The second-order valence-corrected chi connectivity index (χ2v) is 5.42. The standard InChI is InChI=1S/C13H12Br2O3/c1-16-11-5-9(10(14)6-12(11)17-2)13(15)8-3-4-18-7-8/h3-7,13H,1-2H3. The molecule has 0 fully saturated rings. The average molecular weight is 376 g/mol. The van der Waals surface area contributed by atoms with Crippen molar-refractivity contribution in [2.45, 2.75) is 4.83 Å². The SMILES string of the molecule is COc1cc(Br)c(C(Br)c2ccoc2)cc1OC. The van der Waals surface area contributed by atoms with Crippen LogP contribution >= 0.6 is 31.9 Å².